The summed E-state index contributed by atoms with van der Waals surface area (Å²) in [6.45, 7) is 6.53. The molecule has 5 atom stereocenters. The van der Waals surface area contributed by atoms with Crippen LogP contribution in [0, 0.1) is 30.6 Å². The molecule has 2 heteroatoms. The summed E-state index contributed by atoms with van der Waals surface area (Å²) in [5.41, 5.74) is 2.82. The summed E-state index contributed by atoms with van der Waals surface area (Å²) in [6.07, 6.45) is 15.3. The summed E-state index contributed by atoms with van der Waals surface area (Å²) < 4.78 is 0. The molecule has 0 saturated heterocycles. The van der Waals surface area contributed by atoms with E-state index in [0.29, 0.717) is 36.2 Å². The smallest absolute Gasteiger partial charge is 0.139 e. The number of aryl methyl sites for hydroxylation is 1. The van der Waals surface area contributed by atoms with Crippen LogP contribution in [0.4, 0.5) is 0 Å². The third-order valence-corrected chi connectivity index (χ3v) is 8.56. The van der Waals surface area contributed by atoms with Gasteiger partial charge in [-0.3, -0.25) is 9.59 Å². The highest BCUT2D eigenvalue weighted by Gasteiger charge is 2.39. The second-order valence-corrected chi connectivity index (χ2v) is 10.9. The van der Waals surface area contributed by atoms with Gasteiger partial charge in [0.15, 0.2) is 0 Å². The maximum atomic E-state index is 13.2. The molecule has 0 N–H and O–H groups in total. The first kappa shape index (κ1) is 25.2. The molecule has 2 fully saturated rings. The first-order valence-electron chi connectivity index (χ1n) is 13.6. The van der Waals surface area contributed by atoms with Crippen molar-refractivity contribution in [3.8, 4) is 0 Å². The number of carbonyl (C=O) groups is 2. The van der Waals surface area contributed by atoms with Crippen molar-refractivity contribution in [2.24, 2.45) is 23.7 Å². The van der Waals surface area contributed by atoms with E-state index in [9.17, 15) is 9.59 Å². The molecule has 3 rings (SSSR count). The Labute approximate surface area is 197 Å². The predicted octanol–water partition coefficient (Wildman–Crippen LogP) is 8.21. The molecule has 2 nitrogen and oxygen atoms in total. The van der Waals surface area contributed by atoms with Gasteiger partial charge in [-0.2, -0.15) is 0 Å². The fourth-order valence-electron chi connectivity index (χ4n) is 6.70. The number of rotatable bonds is 12. The lowest BCUT2D eigenvalue weighted by atomic mass is 9.63. The fraction of sp³-hybridized carbons (Fsp3) is 0.733. The van der Waals surface area contributed by atoms with E-state index < -0.39 is 0 Å². The Morgan fingerprint density at radius 3 is 2.47 bits per heavy atom. The predicted molar refractivity (Wildman–Crippen MR) is 134 cm³/mol. The Morgan fingerprint density at radius 2 is 1.69 bits per heavy atom. The minimum Gasteiger partial charge on any atom is -0.300 e. The van der Waals surface area contributed by atoms with Crippen LogP contribution in [0.5, 0.6) is 0 Å². The zero-order chi connectivity index (χ0) is 22.9. The summed E-state index contributed by atoms with van der Waals surface area (Å²) in [7, 11) is 0. The van der Waals surface area contributed by atoms with E-state index in [2.05, 4.69) is 45.0 Å². The van der Waals surface area contributed by atoms with Crippen LogP contribution in [0.3, 0.4) is 0 Å². The fourth-order valence-corrected chi connectivity index (χ4v) is 6.70. The van der Waals surface area contributed by atoms with Gasteiger partial charge < -0.3 is 0 Å². The molecular formula is C30H46O2. The second kappa shape index (κ2) is 12.7. The number of benzene rings is 1. The highest BCUT2D eigenvalue weighted by Crippen LogP contribution is 2.45. The van der Waals surface area contributed by atoms with Crippen molar-refractivity contribution in [3.05, 3.63) is 35.4 Å². The van der Waals surface area contributed by atoms with Crippen molar-refractivity contribution in [2.45, 2.75) is 117 Å². The van der Waals surface area contributed by atoms with Gasteiger partial charge in [0.2, 0.25) is 0 Å². The Kier molecular flexibility index (Phi) is 10.0. The van der Waals surface area contributed by atoms with E-state index in [1.807, 2.05) is 0 Å². The summed E-state index contributed by atoms with van der Waals surface area (Å²) >= 11 is 0. The summed E-state index contributed by atoms with van der Waals surface area (Å²) in [5, 5.41) is 0. The lowest BCUT2D eigenvalue weighted by molar-refractivity contribution is -0.131. The molecule has 2 saturated carbocycles. The second-order valence-electron chi connectivity index (χ2n) is 10.9. The van der Waals surface area contributed by atoms with Crippen molar-refractivity contribution in [1.82, 2.24) is 0 Å². The van der Waals surface area contributed by atoms with Crippen molar-refractivity contribution in [3.63, 3.8) is 0 Å². The molecule has 1 aromatic carbocycles. The van der Waals surface area contributed by atoms with Crippen LogP contribution in [0.15, 0.2) is 24.3 Å². The molecule has 0 amide bonds. The third-order valence-electron chi connectivity index (χ3n) is 8.56. The van der Waals surface area contributed by atoms with Crippen molar-refractivity contribution >= 4 is 11.6 Å². The maximum absolute atomic E-state index is 13.2. The molecule has 2 aliphatic rings. The lowest BCUT2D eigenvalue weighted by Gasteiger charge is -2.41. The SMILES string of the molecule is CCCC(CCCC(=O)CCC(C)C(=O)C1CCCC2CCCCC21)c1ccccc1C. The van der Waals surface area contributed by atoms with E-state index in [1.54, 1.807) is 0 Å². The van der Waals surface area contributed by atoms with E-state index in [0.717, 1.165) is 31.6 Å². The standard InChI is InChI=1S/C30H46O2/c1-4-11-24(27-17-7-5-12-22(27)2)14-9-16-26(31)21-20-23(3)30(32)29-19-10-15-25-13-6-8-18-28(25)29/h5,7,12,17,23-25,28-29H,4,6,8-11,13-16,18-21H2,1-3H3. The molecule has 2 aliphatic carbocycles. The van der Waals surface area contributed by atoms with Crippen LogP contribution in [-0.4, -0.2) is 11.6 Å². The molecule has 0 spiro atoms. The van der Waals surface area contributed by atoms with Gasteiger partial charge in [0, 0.05) is 24.7 Å². The average Bonchev–Trinajstić information content (AvgIpc) is 2.81. The van der Waals surface area contributed by atoms with E-state index >= 15 is 0 Å². The molecular weight excluding hydrogens is 392 g/mol. The number of ketones is 2. The Morgan fingerprint density at radius 1 is 0.938 bits per heavy atom. The maximum Gasteiger partial charge on any atom is 0.139 e. The monoisotopic (exact) mass is 438 g/mol. The molecule has 0 radical (unpaired) electrons. The Hall–Kier alpha value is -1.44. The first-order valence-corrected chi connectivity index (χ1v) is 13.6. The van der Waals surface area contributed by atoms with E-state index in [-0.39, 0.29) is 11.8 Å². The van der Waals surface area contributed by atoms with Crippen LogP contribution in [0.1, 0.15) is 121 Å². The number of hydrogen-bond acceptors (Lipinski definition) is 2. The van der Waals surface area contributed by atoms with Crippen LogP contribution < -0.4 is 0 Å². The summed E-state index contributed by atoms with van der Waals surface area (Å²) in [4.78, 5) is 25.8. The van der Waals surface area contributed by atoms with Gasteiger partial charge in [-0.15, -0.1) is 0 Å². The minimum absolute atomic E-state index is 0.0458. The van der Waals surface area contributed by atoms with Gasteiger partial charge in [0.25, 0.3) is 0 Å². The van der Waals surface area contributed by atoms with Gasteiger partial charge in [-0.1, -0.05) is 76.6 Å². The summed E-state index contributed by atoms with van der Waals surface area (Å²) in [5.74, 6) is 3.14. The zero-order valence-electron chi connectivity index (χ0n) is 20.9. The first-order chi connectivity index (χ1) is 15.5. The Balaban J connectivity index is 1.42. The zero-order valence-corrected chi connectivity index (χ0v) is 20.9. The largest absolute Gasteiger partial charge is 0.300 e. The average molecular weight is 439 g/mol. The molecule has 0 aromatic heterocycles. The molecule has 32 heavy (non-hydrogen) atoms. The minimum atomic E-state index is 0.0458. The highest BCUT2D eigenvalue weighted by molar-refractivity contribution is 5.84. The number of hydrogen-bond donors (Lipinski definition) is 0. The molecule has 5 unspecified atom stereocenters. The van der Waals surface area contributed by atoms with Gasteiger partial charge in [-0.05, 0) is 74.3 Å². The number of carbonyl (C=O) groups excluding carboxylic acids is 2. The van der Waals surface area contributed by atoms with Crippen LogP contribution in [0.25, 0.3) is 0 Å². The molecule has 0 bridgehead atoms. The van der Waals surface area contributed by atoms with Gasteiger partial charge in [-0.25, -0.2) is 0 Å². The molecule has 0 heterocycles. The lowest BCUT2D eigenvalue weighted by Crippen LogP contribution is -2.37. The van der Waals surface area contributed by atoms with Crippen molar-refractivity contribution in [1.29, 1.82) is 0 Å². The van der Waals surface area contributed by atoms with E-state index in [1.165, 1.54) is 62.5 Å². The topological polar surface area (TPSA) is 34.1 Å². The molecule has 1 aromatic rings. The van der Waals surface area contributed by atoms with Crippen LogP contribution >= 0.6 is 0 Å². The van der Waals surface area contributed by atoms with Gasteiger partial charge in [0.1, 0.15) is 11.6 Å². The third kappa shape index (κ3) is 6.78. The molecule has 0 aliphatic heterocycles. The van der Waals surface area contributed by atoms with Crippen LogP contribution in [0.2, 0.25) is 0 Å². The van der Waals surface area contributed by atoms with Crippen molar-refractivity contribution in [2.75, 3.05) is 0 Å². The number of fused-ring (bicyclic) bond motifs is 1. The van der Waals surface area contributed by atoms with Gasteiger partial charge in [0.05, 0.1) is 0 Å². The van der Waals surface area contributed by atoms with Crippen molar-refractivity contribution < 1.29 is 9.59 Å². The normalized spacial score (nSPS) is 25.0. The van der Waals surface area contributed by atoms with Crippen LogP contribution in [-0.2, 0) is 9.59 Å². The highest BCUT2D eigenvalue weighted by atomic mass is 16.1. The quantitative estimate of drug-likeness (QED) is 0.329. The van der Waals surface area contributed by atoms with Gasteiger partial charge >= 0.3 is 0 Å². The Bertz CT molecular complexity index is 734. The van der Waals surface area contributed by atoms with E-state index in [4.69, 9.17) is 0 Å². The molecule has 178 valence electrons. The summed E-state index contributed by atoms with van der Waals surface area (Å²) in [6, 6.07) is 8.70. The number of Topliss-reactive ketones (excluding diaryl/α,β-unsaturated/α-hetero) is 2.